The summed E-state index contributed by atoms with van der Waals surface area (Å²) < 4.78 is 38.3. The number of nitrogens with one attached hydrogen (secondary N) is 2. The zero-order valence-corrected chi connectivity index (χ0v) is 18.9. The molecule has 3 aromatic rings. The lowest BCUT2D eigenvalue weighted by molar-refractivity contribution is 0.309. The lowest BCUT2D eigenvalue weighted by Gasteiger charge is -2.09. The van der Waals surface area contributed by atoms with Crippen LogP contribution in [0.15, 0.2) is 82.8 Å². The number of hydrogen-bond acceptors (Lipinski definition) is 6. The molecule has 2 N–H and O–H groups in total. The number of ether oxygens (including phenoxy) is 2. The minimum absolute atomic E-state index is 0.159. The van der Waals surface area contributed by atoms with Crippen molar-refractivity contribution in [1.82, 2.24) is 0 Å². The molecule has 0 bridgehead atoms. The summed E-state index contributed by atoms with van der Waals surface area (Å²) in [5.41, 5.74) is 5.05. The van der Waals surface area contributed by atoms with Crippen LogP contribution in [0.2, 0.25) is 0 Å². The molecule has 3 aromatic carbocycles. The Hall–Kier alpha value is -3.52. The molecule has 0 spiro atoms. The Morgan fingerprint density at radius 3 is 2.12 bits per heavy atom. The molecule has 3 rings (SSSR count). The summed E-state index contributed by atoms with van der Waals surface area (Å²) in [6.45, 7) is 2.85. The van der Waals surface area contributed by atoms with Crippen molar-refractivity contribution in [2.24, 2.45) is 5.10 Å². The van der Waals surface area contributed by atoms with Crippen LogP contribution in [0.1, 0.15) is 25.3 Å². The molecular weight excluding hydrogens is 426 g/mol. The van der Waals surface area contributed by atoms with Crippen molar-refractivity contribution in [1.29, 1.82) is 0 Å². The maximum atomic E-state index is 12.5. The van der Waals surface area contributed by atoms with E-state index < -0.39 is 10.0 Å². The molecule has 0 aliphatic carbocycles. The number of anilines is 2. The molecule has 0 aromatic heterocycles. The largest absolute Gasteiger partial charge is 0.497 e. The van der Waals surface area contributed by atoms with Gasteiger partial charge in [0.2, 0.25) is 0 Å². The summed E-state index contributed by atoms with van der Waals surface area (Å²) in [5.74, 6) is 1.44. The maximum absolute atomic E-state index is 12.5. The van der Waals surface area contributed by atoms with Gasteiger partial charge in [-0.05, 0) is 84.8 Å². The SMILES string of the molecule is CCCCOc1ccc(/C=N/Nc2ccc(NS(=O)(=O)c3ccc(OC)cc3)cc2)cc1. The lowest BCUT2D eigenvalue weighted by Crippen LogP contribution is -2.12. The van der Waals surface area contributed by atoms with Crippen molar-refractivity contribution >= 4 is 27.6 Å². The van der Waals surface area contributed by atoms with Gasteiger partial charge in [-0.1, -0.05) is 13.3 Å². The molecule has 0 aliphatic rings. The summed E-state index contributed by atoms with van der Waals surface area (Å²) in [7, 11) is -2.15. The highest BCUT2D eigenvalue weighted by molar-refractivity contribution is 7.92. The maximum Gasteiger partial charge on any atom is 0.261 e. The van der Waals surface area contributed by atoms with Crippen molar-refractivity contribution in [2.45, 2.75) is 24.7 Å². The number of rotatable bonds is 11. The first-order valence-electron chi connectivity index (χ1n) is 10.3. The molecule has 0 heterocycles. The normalized spacial score (nSPS) is 11.3. The van der Waals surface area contributed by atoms with Crippen LogP contribution >= 0.6 is 0 Å². The first kappa shape index (κ1) is 23.1. The van der Waals surface area contributed by atoms with Crippen LogP contribution in [0.5, 0.6) is 11.5 Å². The Labute approximate surface area is 189 Å². The van der Waals surface area contributed by atoms with Gasteiger partial charge in [0.15, 0.2) is 0 Å². The van der Waals surface area contributed by atoms with E-state index in [9.17, 15) is 8.42 Å². The highest BCUT2D eigenvalue weighted by atomic mass is 32.2. The molecular formula is C24H27N3O4S. The Balaban J connectivity index is 1.54. The Bertz CT molecular complexity index is 1110. The lowest BCUT2D eigenvalue weighted by atomic mass is 10.2. The van der Waals surface area contributed by atoms with Crippen LogP contribution in [-0.4, -0.2) is 28.3 Å². The Morgan fingerprint density at radius 1 is 0.875 bits per heavy atom. The topological polar surface area (TPSA) is 89.0 Å². The van der Waals surface area contributed by atoms with Crippen LogP contribution in [0, 0.1) is 0 Å². The highest BCUT2D eigenvalue weighted by Gasteiger charge is 2.14. The Kier molecular flexibility index (Phi) is 8.10. The number of hydrazone groups is 1. The molecule has 0 amide bonds. The monoisotopic (exact) mass is 453 g/mol. The number of unbranched alkanes of at least 4 members (excludes halogenated alkanes) is 1. The predicted molar refractivity (Wildman–Crippen MR) is 128 cm³/mol. The van der Waals surface area contributed by atoms with E-state index >= 15 is 0 Å². The first-order valence-corrected chi connectivity index (χ1v) is 11.8. The summed E-state index contributed by atoms with van der Waals surface area (Å²) >= 11 is 0. The zero-order valence-electron chi connectivity index (χ0n) is 18.1. The quantitative estimate of drug-likeness (QED) is 0.239. The van der Waals surface area contributed by atoms with Gasteiger partial charge in [0.05, 0.1) is 30.5 Å². The number of benzene rings is 3. The van der Waals surface area contributed by atoms with Gasteiger partial charge in [0.25, 0.3) is 10.0 Å². The zero-order chi connectivity index (χ0) is 22.8. The molecule has 0 saturated carbocycles. The van der Waals surface area contributed by atoms with Gasteiger partial charge >= 0.3 is 0 Å². The summed E-state index contributed by atoms with van der Waals surface area (Å²) in [6.07, 6.45) is 3.84. The minimum atomic E-state index is -3.68. The van der Waals surface area contributed by atoms with Crippen molar-refractivity contribution in [3.8, 4) is 11.5 Å². The first-order chi connectivity index (χ1) is 15.5. The van der Waals surface area contributed by atoms with Crippen molar-refractivity contribution < 1.29 is 17.9 Å². The second kappa shape index (κ2) is 11.2. The fourth-order valence-corrected chi connectivity index (χ4v) is 3.81. The highest BCUT2D eigenvalue weighted by Crippen LogP contribution is 2.20. The molecule has 0 saturated heterocycles. The number of methoxy groups -OCH3 is 1. The molecule has 0 aliphatic heterocycles. The van der Waals surface area contributed by atoms with E-state index in [4.69, 9.17) is 9.47 Å². The Morgan fingerprint density at radius 2 is 1.50 bits per heavy atom. The molecule has 0 radical (unpaired) electrons. The third kappa shape index (κ3) is 6.75. The number of nitrogens with zero attached hydrogens (tertiary/aromatic N) is 1. The van der Waals surface area contributed by atoms with Gasteiger partial charge in [-0.3, -0.25) is 10.1 Å². The fraction of sp³-hybridized carbons (Fsp3) is 0.208. The molecule has 168 valence electrons. The van der Waals surface area contributed by atoms with Gasteiger partial charge in [-0.25, -0.2) is 8.42 Å². The van der Waals surface area contributed by atoms with E-state index in [1.807, 2.05) is 24.3 Å². The molecule has 0 atom stereocenters. The third-order valence-electron chi connectivity index (χ3n) is 4.56. The number of hydrogen-bond donors (Lipinski definition) is 2. The van der Waals surface area contributed by atoms with Crippen LogP contribution in [0.25, 0.3) is 0 Å². The predicted octanol–water partition coefficient (Wildman–Crippen LogP) is 5.12. The van der Waals surface area contributed by atoms with Crippen molar-refractivity contribution in [2.75, 3.05) is 23.9 Å². The van der Waals surface area contributed by atoms with Crippen LogP contribution in [-0.2, 0) is 10.0 Å². The van der Waals surface area contributed by atoms with E-state index in [0.29, 0.717) is 11.4 Å². The van der Waals surface area contributed by atoms with Gasteiger partial charge < -0.3 is 9.47 Å². The smallest absolute Gasteiger partial charge is 0.261 e. The van der Waals surface area contributed by atoms with Gasteiger partial charge in [-0.2, -0.15) is 5.10 Å². The second-order valence-corrected chi connectivity index (χ2v) is 8.68. The van der Waals surface area contributed by atoms with Crippen molar-refractivity contribution in [3.05, 3.63) is 78.4 Å². The number of sulfonamides is 1. The van der Waals surface area contributed by atoms with Crippen LogP contribution in [0.3, 0.4) is 0 Å². The summed E-state index contributed by atoms with van der Waals surface area (Å²) in [4.78, 5) is 0.159. The van der Waals surface area contributed by atoms with Crippen LogP contribution in [0.4, 0.5) is 11.4 Å². The van der Waals surface area contributed by atoms with Gasteiger partial charge in [0, 0.05) is 5.69 Å². The third-order valence-corrected chi connectivity index (χ3v) is 5.96. The summed E-state index contributed by atoms with van der Waals surface area (Å²) in [5, 5.41) is 4.22. The van der Waals surface area contributed by atoms with Gasteiger partial charge in [0.1, 0.15) is 11.5 Å². The molecule has 0 fully saturated rings. The molecule has 0 unspecified atom stereocenters. The molecule has 7 nitrogen and oxygen atoms in total. The fourth-order valence-electron chi connectivity index (χ4n) is 2.75. The minimum Gasteiger partial charge on any atom is -0.497 e. The second-order valence-electron chi connectivity index (χ2n) is 7.00. The standard InChI is InChI=1S/C24H27N3O4S/c1-3-4-17-31-23-11-5-19(6-12-23)18-25-26-20-7-9-21(10-8-20)27-32(28,29)24-15-13-22(30-2)14-16-24/h5-16,18,26-27H,3-4,17H2,1-2H3/b25-18+. The van der Waals surface area contributed by atoms with E-state index in [1.54, 1.807) is 42.6 Å². The van der Waals surface area contributed by atoms with E-state index in [2.05, 4.69) is 22.2 Å². The average Bonchev–Trinajstić information content (AvgIpc) is 2.81. The van der Waals surface area contributed by atoms with Crippen molar-refractivity contribution in [3.63, 3.8) is 0 Å². The van der Waals surface area contributed by atoms with Gasteiger partial charge in [-0.15, -0.1) is 0 Å². The molecule has 32 heavy (non-hydrogen) atoms. The average molecular weight is 454 g/mol. The molecule has 8 heteroatoms. The summed E-state index contributed by atoms with van der Waals surface area (Å²) in [6, 6.07) is 20.7. The van der Waals surface area contributed by atoms with E-state index in [1.165, 1.54) is 19.2 Å². The van der Waals surface area contributed by atoms with Crippen LogP contribution < -0.4 is 19.6 Å². The van der Waals surface area contributed by atoms with E-state index in [-0.39, 0.29) is 4.90 Å². The van der Waals surface area contributed by atoms with E-state index in [0.717, 1.165) is 36.4 Å².